The van der Waals surface area contributed by atoms with E-state index in [1.54, 1.807) is 19.2 Å². The van der Waals surface area contributed by atoms with Crippen molar-refractivity contribution in [3.63, 3.8) is 0 Å². The zero-order chi connectivity index (χ0) is 15.2. The van der Waals surface area contributed by atoms with Crippen LogP contribution in [0.1, 0.15) is 32.4 Å². The molecule has 0 saturated heterocycles. The molecular weight excluding hydrogens is 282 g/mol. The molecule has 112 valence electrons. The fraction of sp³-hybridized carbons (Fsp3) is 0.583. The predicted octanol–water partition coefficient (Wildman–Crippen LogP) is 1.13. The summed E-state index contributed by atoms with van der Waals surface area (Å²) >= 11 is 1.02. The second-order valence-electron chi connectivity index (χ2n) is 4.50. The molecule has 0 aromatic carbocycles. The SMILES string of the molecule is CCC(CC)(CNC(=O)NCc1csc(=O)[nH]1)C(=O)O. The molecule has 0 radical (unpaired) electrons. The maximum absolute atomic E-state index is 11.6. The standard InChI is InChI=1S/C12H19N3O4S/c1-3-12(4-2,9(16)17)7-14-10(18)13-5-8-6-20-11(19)15-8/h6H,3-5,7H2,1-2H3,(H,15,19)(H,16,17)(H2,13,14,18). The Morgan fingerprint density at radius 2 is 2.00 bits per heavy atom. The van der Waals surface area contributed by atoms with Crippen LogP contribution in [0, 0.1) is 5.41 Å². The van der Waals surface area contributed by atoms with Gasteiger partial charge < -0.3 is 20.7 Å². The van der Waals surface area contributed by atoms with Gasteiger partial charge in [-0.05, 0) is 12.8 Å². The lowest BCUT2D eigenvalue weighted by Gasteiger charge is -2.26. The topological polar surface area (TPSA) is 111 Å². The number of H-pyrrole nitrogens is 1. The zero-order valence-electron chi connectivity index (χ0n) is 11.5. The number of hydrogen-bond acceptors (Lipinski definition) is 4. The molecule has 1 aromatic heterocycles. The van der Waals surface area contributed by atoms with Crippen LogP contribution in [0.15, 0.2) is 10.2 Å². The minimum atomic E-state index is -0.936. The fourth-order valence-electron chi connectivity index (χ4n) is 1.77. The summed E-state index contributed by atoms with van der Waals surface area (Å²) in [6.07, 6.45) is 0.883. The summed E-state index contributed by atoms with van der Waals surface area (Å²) in [5, 5.41) is 16.0. The van der Waals surface area contributed by atoms with Crippen LogP contribution in [0.5, 0.6) is 0 Å². The minimum Gasteiger partial charge on any atom is -0.481 e. The molecule has 0 fully saturated rings. The normalized spacial score (nSPS) is 11.1. The van der Waals surface area contributed by atoms with Crippen LogP contribution in [-0.2, 0) is 11.3 Å². The lowest BCUT2D eigenvalue weighted by Crippen LogP contribution is -2.45. The number of aromatic amines is 1. The average Bonchev–Trinajstić information content (AvgIpc) is 2.83. The van der Waals surface area contributed by atoms with Gasteiger partial charge in [-0.25, -0.2) is 4.79 Å². The Balaban J connectivity index is 2.46. The van der Waals surface area contributed by atoms with Crippen molar-refractivity contribution < 1.29 is 14.7 Å². The third-order valence-electron chi connectivity index (χ3n) is 3.40. The van der Waals surface area contributed by atoms with Gasteiger partial charge in [-0.3, -0.25) is 9.59 Å². The Morgan fingerprint density at radius 1 is 1.35 bits per heavy atom. The number of thiazole rings is 1. The molecule has 0 atom stereocenters. The second kappa shape index (κ2) is 7.09. The van der Waals surface area contributed by atoms with Gasteiger partial charge in [0.1, 0.15) is 0 Å². The molecule has 1 rings (SSSR count). The molecule has 0 unspecified atom stereocenters. The highest BCUT2D eigenvalue weighted by Gasteiger charge is 2.35. The van der Waals surface area contributed by atoms with E-state index in [2.05, 4.69) is 15.6 Å². The molecule has 20 heavy (non-hydrogen) atoms. The molecule has 0 aliphatic carbocycles. The maximum Gasteiger partial charge on any atom is 0.315 e. The number of aliphatic carboxylic acids is 1. The zero-order valence-corrected chi connectivity index (χ0v) is 12.3. The van der Waals surface area contributed by atoms with Crippen LogP contribution in [-0.4, -0.2) is 28.6 Å². The van der Waals surface area contributed by atoms with E-state index >= 15 is 0 Å². The smallest absolute Gasteiger partial charge is 0.315 e. The van der Waals surface area contributed by atoms with Crippen molar-refractivity contribution >= 4 is 23.3 Å². The fourth-order valence-corrected chi connectivity index (χ4v) is 2.35. The Labute approximate surface area is 120 Å². The van der Waals surface area contributed by atoms with Crippen molar-refractivity contribution in [2.75, 3.05) is 6.54 Å². The van der Waals surface area contributed by atoms with Crippen molar-refractivity contribution in [1.82, 2.24) is 15.6 Å². The highest BCUT2D eigenvalue weighted by Crippen LogP contribution is 2.25. The first kappa shape index (κ1) is 16.2. The molecule has 8 heteroatoms. The molecule has 7 nitrogen and oxygen atoms in total. The molecule has 1 aromatic rings. The van der Waals surface area contributed by atoms with E-state index in [4.69, 9.17) is 0 Å². The van der Waals surface area contributed by atoms with E-state index < -0.39 is 17.4 Å². The number of carboxylic acid groups (broad SMARTS) is 1. The van der Waals surface area contributed by atoms with Gasteiger partial charge in [-0.15, -0.1) is 0 Å². The number of hydrogen-bond donors (Lipinski definition) is 4. The number of carbonyl (C=O) groups is 2. The van der Waals surface area contributed by atoms with Crippen molar-refractivity contribution in [3.05, 3.63) is 20.7 Å². The number of rotatable bonds is 7. The first-order valence-electron chi connectivity index (χ1n) is 6.35. The summed E-state index contributed by atoms with van der Waals surface area (Å²) < 4.78 is 0. The Morgan fingerprint density at radius 3 is 2.45 bits per heavy atom. The average molecular weight is 301 g/mol. The molecule has 4 N–H and O–H groups in total. The second-order valence-corrected chi connectivity index (χ2v) is 5.34. The van der Waals surface area contributed by atoms with Crippen molar-refractivity contribution in [2.24, 2.45) is 5.41 Å². The van der Waals surface area contributed by atoms with Crippen LogP contribution in [0.4, 0.5) is 4.79 Å². The molecule has 0 aliphatic heterocycles. The van der Waals surface area contributed by atoms with Gasteiger partial charge in [0, 0.05) is 17.6 Å². The largest absolute Gasteiger partial charge is 0.481 e. The molecular formula is C12H19N3O4S. The summed E-state index contributed by atoms with van der Waals surface area (Å²) in [6.45, 7) is 3.84. The third kappa shape index (κ3) is 4.09. The van der Waals surface area contributed by atoms with E-state index in [1.807, 2.05) is 0 Å². The molecule has 2 amide bonds. The number of nitrogens with one attached hydrogen (secondary N) is 3. The predicted molar refractivity (Wildman–Crippen MR) is 75.8 cm³/mol. The van der Waals surface area contributed by atoms with Crippen molar-refractivity contribution in [3.8, 4) is 0 Å². The van der Waals surface area contributed by atoms with E-state index in [1.165, 1.54) is 0 Å². The van der Waals surface area contributed by atoms with Gasteiger partial charge in [0.25, 0.3) is 0 Å². The summed E-state index contributed by atoms with van der Waals surface area (Å²) in [6, 6.07) is -0.454. The number of carbonyl (C=O) groups excluding carboxylic acids is 1. The van der Waals surface area contributed by atoms with Crippen LogP contribution in [0.2, 0.25) is 0 Å². The van der Waals surface area contributed by atoms with E-state index in [9.17, 15) is 19.5 Å². The first-order chi connectivity index (χ1) is 9.43. The number of aromatic nitrogens is 1. The molecule has 0 bridgehead atoms. The summed E-state index contributed by atoms with van der Waals surface area (Å²) in [5.74, 6) is -0.912. The lowest BCUT2D eigenvalue weighted by atomic mass is 9.82. The Bertz CT molecular complexity index is 519. The summed E-state index contributed by atoms with van der Waals surface area (Å²) in [5.41, 5.74) is -0.320. The van der Waals surface area contributed by atoms with E-state index in [-0.39, 0.29) is 18.0 Å². The number of amides is 2. The highest BCUT2D eigenvalue weighted by molar-refractivity contribution is 7.07. The van der Waals surface area contributed by atoms with Crippen LogP contribution < -0.4 is 15.5 Å². The van der Waals surface area contributed by atoms with Crippen molar-refractivity contribution in [2.45, 2.75) is 33.2 Å². The van der Waals surface area contributed by atoms with Gasteiger partial charge in [-0.1, -0.05) is 25.2 Å². The van der Waals surface area contributed by atoms with Gasteiger partial charge in [0.05, 0.1) is 12.0 Å². The van der Waals surface area contributed by atoms with Crippen LogP contribution in [0.25, 0.3) is 0 Å². The minimum absolute atomic E-state index is 0.0708. The van der Waals surface area contributed by atoms with Crippen molar-refractivity contribution in [1.29, 1.82) is 0 Å². The molecule has 1 heterocycles. The monoisotopic (exact) mass is 301 g/mol. The quantitative estimate of drug-likeness (QED) is 0.605. The highest BCUT2D eigenvalue weighted by atomic mass is 32.1. The Hall–Kier alpha value is -1.83. The Kier molecular flexibility index (Phi) is 5.75. The number of carboxylic acids is 1. The van der Waals surface area contributed by atoms with Gasteiger partial charge >= 0.3 is 16.9 Å². The van der Waals surface area contributed by atoms with E-state index in [0.29, 0.717) is 18.5 Å². The van der Waals surface area contributed by atoms with E-state index in [0.717, 1.165) is 11.3 Å². The molecule has 0 aliphatic rings. The summed E-state index contributed by atoms with van der Waals surface area (Å²) in [4.78, 5) is 36.2. The maximum atomic E-state index is 11.6. The van der Waals surface area contributed by atoms with Crippen LogP contribution in [0.3, 0.4) is 0 Å². The number of urea groups is 1. The van der Waals surface area contributed by atoms with Gasteiger partial charge in [0.15, 0.2) is 0 Å². The molecule has 0 spiro atoms. The molecule has 0 saturated carbocycles. The van der Waals surface area contributed by atoms with Gasteiger partial charge in [-0.2, -0.15) is 0 Å². The van der Waals surface area contributed by atoms with Crippen LogP contribution >= 0.6 is 11.3 Å². The van der Waals surface area contributed by atoms with Gasteiger partial charge in [0.2, 0.25) is 0 Å². The summed E-state index contributed by atoms with van der Waals surface area (Å²) in [7, 11) is 0. The lowest BCUT2D eigenvalue weighted by molar-refractivity contribution is -0.149. The third-order valence-corrected chi connectivity index (χ3v) is 4.12. The first-order valence-corrected chi connectivity index (χ1v) is 7.23.